The van der Waals surface area contributed by atoms with Crippen LogP contribution in [0.5, 0.6) is 0 Å². The standard InChI is InChI=1S/C17H20N2O5S2/c1-11-9-15(26(18,23)24)25-16(11)17(22)19-13(7-8-14(20)21)10-12-5-3-2-4-6-12/h2-6,9,13H,7-8,10H2,1H3,(H,19,22)(H,20,21)(H2,18,23,24). The van der Waals surface area contributed by atoms with Gasteiger partial charge in [0.15, 0.2) is 0 Å². The number of nitrogens with one attached hydrogen (secondary N) is 1. The zero-order chi connectivity index (χ0) is 19.3. The second-order valence-electron chi connectivity index (χ2n) is 5.92. The maximum absolute atomic E-state index is 12.6. The van der Waals surface area contributed by atoms with Crippen molar-refractivity contribution >= 4 is 33.2 Å². The predicted molar refractivity (Wildman–Crippen MR) is 98.7 cm³/mol. The van der Waals surface area contributed by atoms with Gasteiger partial charge in [0.2, 0.25) is 10.0 Å². The molecule has 0 aliphatic rings. The van der Waals surface area contributed by atoms with Crippen LogP contribution in [-0.4, -0.2) is 31.4 Å². The number of hydrogen-bond acceptors (Lipinski definition) is 5. The number of carbonyl (C=O) groups excluding carboxylic acids is 1. The Labute approximate surface area is 155 Å². The normalized spacial score (nSPS) is 12.5. The van der Waals surface area contributed by atoms with E-state index in [4.69, 9.17) is 10.2 Å². The summed E-state index contributed by atoms with van der Waals surface area (Å²) in [4.78, 5) is 23.7. The largest absolute Gasteiger partial charge is 0.481 e. The molecule has 4 N–H and O–H groups in total. The molecule has 0 radical (unpaired) electrons. The van der Waals surface area contributed by atoms with Crippen LogP contribution in [0, 0.1) is 6.92 Å². The molecule has 0 aliphatic heterocycles. The fraction of sp³-hybridized carbons (Fsp3) is 0.294. The lowest BCUT2D eigenvalue weighted by Gasteiger charge is -2.18. The van der Waals surface area contributed by atoms with Crippen molar-refractivity contribution in [2.75, 3.05) is 0 Å². The molecule has 1 amide bonds. The van der Waals surface area contributed by atoms with Crippen molar-refractivity contribution < 1.29 is 23.1 Å². The van der Waals surface area contributed by atoms with E-state index in [-0.39, 0.29) is 28.0 Å². The summed E-state index contributed by atoms with van der Waals surface area (Å²) < 4.78 is 22.8. The van der Waals surface area contributed by atoms with Gasteiger partial charge in [-0.2, -0.15) is 0 Å². The van der Waals surface area contributed by atoms with E-state index in [1.54, 1.807) is 6.92 Å². The van der Waals surface area contributed by atoms with Crippen LogP contribution in [0.25, 0.3) is 0 Å². The minimum Gasteiger partial charge on any atom is -0.481 e. The maximum atomic E-state index is 12.6. The van der Waals surface area contributed by atoms with Crippen LogP contribution in [0.4, 0.5) is 0 Å². The molecule has 140 valence electrons. The molecule has 0 aliphatic carbocycles. The smallest absolute Gasteiger partial charge is 0.303 e. The van der Waals surface area contributed by atoms with Gasteiger partial charge >= 0.3 is 5.97 Å². The topological polar surface area (TPSA) is 127 Å². The molecule has 0 bridgehead atoms. The molecule has 7 nitrogen and oxygen atoms in total. The first-order valence-electron chi connectivity index (χ1n) is 7.86. The van der Waals surface area contributed by atoms with Gasteiger partial charge in [0.1, 0.15) is 4.21 Å². The van der Waals surface area contributed by atoms with Crippen LogP contribution in [0.3, 0.4) is 0 Å². The minimum atomic E-state index is -3.88. The molecule has 0 fully saturated rings. The summed E-state index contributed by atoms with van der Waals surface area (Å²) >= 11 is 0.806. The van der Waals surface area contributed by atoms with E-state index < -0.39 is 21.9 Å². The van der Waals surface area contributed by atoms with Crippen LogP contribution in [0.1, 0.15) is 33.6 Å². The Kier molecular flexibility index (Phi) is 6.52. The van der Waals surface area contributed by atoms with Crippen LogP contribution < -0.4 is 10.5 Å². The molecule has 9 heteroatoms. The predicted octanol–water partition coefficient (Wildman–Crippen LogP) is 1.91. The third-order valence-corrected chi connectivity index (χ3v) is 6.40. The third kappa shape index (κ3) is 5.65. The van der Waals surface area contributed by atoms with Crippen LogP contribution >= 0.6 is 11.3 Å². The number of carboxylic acid groups (broad SMARTS) is 1. The number of amides is 1. The summed E-state index contributed by atoms with van der Waals surface area (Å²) in [6, 6.07) is 10.4. The lowest BCUT2D eigenvalue weighted by Crippen LogP contribution is -2.36. The summed E-state index contributed by atoms with van der Waals surface area (Å²) in [6.07, 6.45) is 0.665. The molecule has 26 heavy (non-hydrogen) atoms. The van der Waals surface area contributed by atoms with Gasteiger partial charge in [-0.1, -0.05) is 30.3 Å². The van der Waals surface area contributed by atoms with Gasteiger partial charge in [-0.25, -0.2) is 13.6 Å². The fourth-order valence-electron chi connectivity index (χ4n) is 2.49. The highest BCUT2D eigenvalue weighted by molar-refractivity contribution is 7.91. The summed E-state index contributed by atoms with van der Waals surface area (Å²) in [5, 5.41) is 16.8. The number of carbonyl (C=O) groups is 2. The fourth-order valence-corrected chi connectivity index (χ4v) is 4.36. The van der Waals surface area contributed by atoms with Gasteiger partial charge < -0.3 is 10.4 Å². The second kappa shape index (κ2) is 8.43. The van der Waals surface area contributed by atoms with E-state index in [1.807, 2.05) is 30.3 Å². The first kappa shape index (κ1) is 20.1. The second-order valence-corrected chi connectivity index (χ2v) is 8.76. The SMILES string of the molecule is Cc1cc(S(N)(=O)=O)sc1C(=O)NC(CCC(=O)O)Cc1ccccc1. The van der Waals surface area contributed by atoms with E-state index >= 15 is 0 Å². The molecule has 0 saturated carbocycles. The van der Waals surface area contributed by atoms with Crippen molar-refractivity contribution in [3.63, 3.8) is 0 Å². The molecular formula is C17H20N2O5S2. The number of thiophene rings is 1. The van der Waals surface area contributed by atoms with Crippen LogP contribution in [0.2, 0.25) is 0 Å². The van der Waals surface area contributed by atoms with Gasteiger partial charge in [0.05, 0.1) is 4.88 Å². The summed E-state index contributed by atoms with van der Waals surface area (Å²) in [5.41, 5.74) is 1.48. The van der Waals surface area contributed by atoms with E-state index in [1.165, 1.54) is 6.07 Å². The number of aryl methyl sites for hydroxylation is 1. The van der Waals surface area contributed by atoms with Gasteiger partial charge in [0, 0.05) is 12.5 Å². The molecule has 2 aromatic rings. The molecule has 2 rings (SSSR count). The van der Waals surface area contributed by atoms with Crippen molar-refractivity contribution in [2.24, 2.45) is 5.14 Å². The molecule has 0 saturated heterocycles. The number of hydrogen-bond donors (Lipinski definition) is 3. The number of rotatable bonds is 8. The molecule has 0 spiro atoms. The van der Waals surface area contributed by atoms with Crippen LogP contribution in [-0.2, 0) is 21.2 Å². The Morgan fingerprint density at radius 3 is 2.46 bits per heavy atom. The van der Waals surface area contributed by atoms with Gasteiger partial charge in [-0.3, -0.25) is 9.59 Å². The van der Waals surface area contributed by atoms with E-state index in [2.05, 4.69) is 5.32 Å². The molecule has 1 aromatic heterocycles. The highest BCUT2D eigenvalue weighted by atomic mass is 32.2. The summed E-state index contributed by atoms with van der Waals surface area (Å²) in [6.45, 7) is 1.63. The average molecular weight is 396 g/mol. The highest BCUT2D eigenvalue weighted by Gasteiger charge is 2.22. The molecule has 1 aromatic carbocycles. The summed E-state index contributed by atoms with van der Waals surface area (Å²) in [7, 11) is -3.88. The van der Waals surface area contributed by atoms with Crippen molar-refractivity contribution in [3.8, 4) is 0 Å². The highest BCUT2D eigenvalue weighted by Crippen LogP contribution is 2.25. The third-order valence-electron chi connectivity index (χ3n) is 3.75. The Morgan fingerprint density at radius 2 is 1.92 bits per heavy atom. The Balaban J connectivity index is 2.17. The Hall–Kier alpha value is -2.23. The van der Waals surface area contributed by atoms with E-state index in [0.717, 1.165) is 16.9 Å². The van der Waals surface area contributed by atoms with Gasteiger partial charge in [-0.15, -0.1) is 11.3 Å². The summed E-state index contributed by atoms with van der Waals surface area (Å²) in [5.74, 6) is -1.38. The van der Waals surface area contributed by atoms with Gasteiger partial charge in [-0.05, 0) is 37.0 Å². The lowest BCUT2D eigenvalue weighted by atomic mass is 10.0. The molecular weight excluding hydrogens is 376 g/mol. The van der Waals surface area contributed by atoms with Gasteiger partial charge in [0.25, 0.3) is 5.91 Å². The van der Waals surface area contributed by atoms with Crippen molar-refractivity contribution in [1.29, 1.82) is 0 Å². The first-order chi connectivity index (χ1) is 12.2. The van der Waals surface area contributed by atoms with Crippen molar-refractivity contribution in [2.45, 2.75) is 36.4 Å². The zero-order valence-electron chi connectivity index (χ0n) is 14.1. The number of sulfonamides is 1. The maximum Gasteiger partial charge on any atom is 0.303 e. The number of carboxylic acids is 1. The first-order valence-corrected chi connectivity index (χ1v) is 10.2. The molecule has 1 unspecified atom stereocenters. The lowest BCUT2D eigenvalue weighted by molar-refractivity contribution is -0.137. The van der Waals surface area contributed by atoms with E-state index in [0.29, 0.717) is 12.0 Å². The molecule has 1 heterocycles. The van der Waals surface area contributed by atoms with Crippen LogP contribution in [0.15, 0.2) is 40.6 Å². The number of primary sulfonamides is 1. The number of nitrogens with two attached hydrogens (primary N) is 1. The van der Waals surface area contributed by atoms with Crippen molar-refractivity contribution in [1.82, 2.24) is 5.32 Å². The average Bonchev–Trinajstić information content (AvgIpc) is 2.96. The Bertz CT molecular complexity index is 891. The number of benzene rings is 1. The number of aliphatic carboxylic acids is 1. The minimum absolute atomic E-state index is 0.0784. The van der Waals surface area contributed by atoms with E-state index in [9.17, 15) is 18.0 Å². The Morgan fingerprint density at radius 1 is 1.27 bits per heavy atom. The zero-order valence-corrected chi connectivity index (χ0v) is 15.8. The monoisotopic (exact) mass is 396 g/mol. The van der Waals surface area contributed by atoms with Crippen molar-refractivity contribution in [3.05, 3.63) is 52.4 Å². The molecule has 1 atom stereocenters. The quantitative estimate of drug-likeness (QED) is 0.628.